The number of hydrogen-bond donors (Lipinski definition) is 2. The number of hydrogen-bond acceptors (Lipinski definition) is 3. The lowest BCUT2D eigenvalue weighted by molar-refractivity contribution is 0.187. The molecular weight excluding hydrogens is 346 g/mol. The first-order valence-corrected chi connectivity index (χ1v) is 8.52. The predicted molar refractivity (Wildman–Crippen MR) is 92.4 cm³/mol. The van der Waals surface area contributed by atoms with Gasteiger partial charge in [0.1, 0.15) is 11.9 Å². The molecule has 0 radical (unpaired) electrons. The number of aliphatic hydroxyl groups excluding tert-OH is 1. The Morgan fingerprint density at radius 2 is 2.32 bits per heavy atom. The van der Waals surface area contributed by atoms with Crippen LogP contribution in [0, 0.1) is 0 Å². The summed E-state index contributed by atoms with van der Waals surface area (Å²) in [4.78, 5) is 6.73. The Hall–Kier alpha value is -1.27. The fourth-order valence-electron chi connectivity index (χ4n) is 2.37. The van der Waals surface area contributed by atoms with E-state index < -0.39 is 0 Å². The molecule has 5 nitrogen and oxygen atoms in total. The molecule has 2 atom stereocenters. The molecule has 1 saturated heterocycles. The number of nitrogens with one attached hydrogen (secondary N) is 1. The van der Waals surface area contributed by atoms with Gasteiger partial charge in [-0.2, -0.15) is 0 Å². The van der Waals surface area contributed by atoms with E-state index in [2.05, 4.69) is 31.1 Å². The van der Waals surface area contributed by atoms with Crippen molar-refractivity contribution in [3.63, 3.8) is 0 Å². The molecule has 0 amide bonds. The number of para-hydroxylation sites is 1. The predicted octanol–water partition coefficient (Wildman–Crippen LogP) is 2.25. The average molecular weight is 370 g/mol. The Morgan fingerprint density at radius 1 is 1.55 bits per heavy atom. The molecule has 1 aromatic carbocycles. The van der Waals surface area contributed by atoms with E-state index in [0.29, 0.717) is 13.1 Å². The summed E-state index contributed by atoms with van der Waals surface area (Å²) in [7, 11) is 0. The number of halogens is 1. The zero-order valence-electron chi connectivity index (χ0n) is 13.1. The van der Waals surface area contributed by atoms with Gasteiger partial charge in [0.25, 0.3) is 0 Å². The maximum atomic E-state index is 9.67. The first-order valence-electron chi connectivity index (χ1n) is 7.72. The van der Waals surface area contributed by atoms with Gasteiger partial charge in [0, 0.05) is 19.6 Å². The zero-order chi connectivity index (χ0) is 15.9. The van der Waals surface area contributed by atoms with Gasteiger partial charge in [-0.25, -0.2) is 4.99 Å². The van der Waals surface area contributed by atoms with Crippen LogP contribution in [-0.2, 0) is 0 Å². The topological polar surface area (TPSA) is 57.1 Å². The number of aliphatic imine (C=N–C) groups is 1. The molecule has 0 spiro atoms. The zero-order valence-corrected chi connectivity index (χ0v) is 14.7. The van der Waals surface area contributed by atoms with Gasteiger partial charge in [-0.1, -0.05) is 12.1 Å². The second-order valence-corrected chi connectivity index (χ2v) is 6.30. The van der Waals surface area contributed by atoms with E-state index in [1.165, 1.54) is 0 Å². The highest BCUT2D eigenvalue weighted by Gasteiger charge is 2.22. The lowest BCUT2D eigenvalue weighted by Gasteiger charge is -2.22. The number of likely N-dealkylation sites (tertiary alicyclic amines) is 1. The number of benzene rings is 1. The second kappa shape index (κ2) is 8.39. The minimum atomic E-state index is -0.252. The van der Waals surface area contributed by atoms with Crippen molar-refractivity contribution in [1.82, 2.24) is 10.2 Å². The Kier molecular flexibility index (Phi) is 6.51. The van der Waals surface area contributed by atoms with Crippen molar-refractivity contribution in [3.8, 4) is 5.75 Å². The van der Waals surface area contributed by atoms with E-state index in [1.807, 2.05) is 38.1 Å². The summed E-state index contributed by atoms with van der Waals surface area (Å²) >= 11 is 3.48. The molecule has 0 aromatic heterocycles. The SMILES string of the molecule is CCNC(=NCC(C)Oc1ccccc1Br)N1CC[C@@H](O)C1. The van der Waals surface area contributed by atoms with Gasteiger partial charge >= 0.3 is 0 Å². The lowest BCUT2D eigenvalue weighted by Crippen LogP contribution is -2.41. The van der Waals surface area contributed by atoms with Crippen LogP contribution in [0.3, 0.4) is 0 Å². The summed E-state index contributed by atoms with van der Waals surface area (Å²) in [5.41, 5.74) is 0. The summed E-state index contributed by atoms with van der Waals surface area (Å²) < 4.78 is 6.85. The maximum Gasteiger partial charge on any atom is 0.194 e. The first-order chi connectivity index (χ1) is 10.6. The third-order valence-electron chi connectivity index (χ3n) is 3.46. The van der Waals surface area contributed by atoms with Crippen molar-refractivity contribution in [3.05, 3.63) is 28.7 Å². The van der Waals surface area contributed by atoms with Crippen LogP contribution in [0.1, 0.15) is 20.3 Å². The fraction of sp³-hybridized carbons (Fsp3) is 0.562. The Morgan fingerprint density at radius 3 is 2.95 bits per heavy atom. The van der Waals surface area contributed by atoms with Crippen molar-refractivity contribution >= 4 is 21.9 Å². The highest BCUT2D eigenvalue weighted by molar-refractivity contribution is 9.10. The monoisotopic (exact) mass is 369 g/mol. The summed E-state index contributed by atoms with van der Waals surface area (Å²) in [6.07, 6.45) is 0.519. The van der Waals surface area contributed by atoms with Gasteiger partial charge in [0.05, 0.1) is 17.1 Å². The van der Waals surface area contributed by atoms with Gasteiger partial charge in [0.2, 0.25) is 0 Å². The summed E-state index contributed by atoms with van der Waals surface area (Å²) in [5.74, 6) is 1.67. The molecule has 0 saturated carbocycles. The molecule has 0 aliphatic carbocycles. The van der Waals surface area contributed by atoms with Crippen molar-refractivity contribution in [2.45, 2.75) is 32.5 Å². The fourth-order valence-corrected chi connectivity index (χ4v) is 2.75. The summed E-state index contributed by atoms with van der Waals surface area (Å²) in [6.45, 7) is 6.91. The quantitative estimate of drug-likeness (QED) is 0.617. The number of β-amino-alcohol motifs (C(OH)–C–C–N with tert-alkyl or cyclic N) is 1. The molecule has 1 unspecified atom stereocenters. The second-order valence-electron chi connectivity index (χ2n) is 5.44. The highest BCUT2D eigenvalue weighted by atomic mass is 79.9. The van der Waals surface area contributed by atoms with Gasteiger partial charge in [0.15, 0.2) is 5.96 Å². The van der Waals surface area contributed by atoms with Crippen LogP contribution in [0.2, 0.25) is 0 Å². The van der Waals surface area contributed by atoms with Crippen LogP contribution in [0.25, 0.3) is 0 Å². The molecule has 2 rings (SSSR count). The van der Waals surface area contributed by atoms with Gasteiger partial charge < -0.3 is 20.1 Å². The Balaban J connectivity index is 1.93. The van der Waals surface area contributed by atoms with Crippen LogP contribution >= 0.6 is 15.9 Å². The maximum absolute atomic E-state index is 9.67. The molecular formula is C16H24BrN3O2. The summed E-state index contributed by atoms with van der Waals surface area (Å²) in [5, 5.41) is 12.9. The smallest absolute Gasteiger partial charge is 0.194 e. The van der Waals surface area contributed by atoms with E-state index in [4.69, 9.17) is 4.74 Å². The molecule has 1 aliphatic heterocycles. The number of aliphatic hydroxyl groups is 1. The summed E-state index contributed by atoms with van der Waals surface area (Å²) in [6, 6.07) is 7.81. The van der Waals surface area contributed by atoms with E-state index in [9.17, 15) is 5.11 Å². The third-order valence-corrected chi connectivity index (χ3v) is 4.12. The number of nitrogens with zero attached hydrogens (tertiary/aromatic N) is 2. The standard InChI is InChI=1S/C16H24BrN3O2/c1-3-18-16(20-9-8-13(21)11-20)19-10-12(2)22-15-7-5-4-6-14(15)17/h4-7,12-13,21H,3,8-11H2,1-2H3,(H,18,19)/t12?,13-/m1/s1. The Bertz CT molecular complexity index is 510. The molecule has 22 heavy (non-hydrogen) atoms. The minimum Gasteiger partial charge on any atom is -0.488 e. The number of ether oxygens (including phenoxy) is 1. The van der Waals surface area contributed by atoms with Crippen LogP contribution in [0.4, 0.5) is 0 Å². The molecule has 122 valence electrons. The van der Waals surface area contributed by atoms with Gasteiger partial charge in [-0.15, -0.1) is 0 Å². The largest absolute Gasteiger partial charge is 0.488 e. The number of guanidine groups is 1. The van der Waals surface area contributed by atoms with Crippen molar-refractivity contribution in [2.75, 3.05) is 26.2 Å². The van der Waals surface area contributed by atoms with E-state index in [0.717, 1.165) is 35.7 Å². The van der Waals surface area contributed by atoms with E-state index >= 15 is 0 Å². The van der Waals surface area contributed by atoms with Crippen LogP contribution in [-0.4, -0.2) is 54.4 Å². The van der Waals surface area contributed by atoms with Crippen molar-refractivity contribution in [2.24, 2.45) is 4.99 Å². The normalized spacial score (nSPS) is 20.1. The van der Waals surface area contributed by atoms with E-state index in [1.54, 1.807) is 0 Å². The highest BCUT2D eigenvalue weighted by Crippen LogP contribution is 2.24. The van der Waals surface area contributed by atoms with Crippen LogP contribution < -0.4 is 10.1 Å². The van der Waals surface area contributed by atoms with Crippen LogP contribution in [0.15, 0.2) is 33.7 Å². The molecule has 1 aliphatic rings. The molecule has 1 heterocycles. The molecule has 0 bridgehead atoms. The molecule has 1 fully saturated rings. The molecule has 1 aromatic rings. The minimum absolute atomic E-state index is 0.0279. The van der Waals surface area contributed by atoms with Crippen LogP contribution in [0.5, 0.6) is 5.75 Å². The van der Waals surface area contributed by atoms with Gasteiger partial charge in [-0.3, -0.25) is 0 Å². The molecule has 2 N–H and O–H groups in total. The first kappa shape index (κ1) is 17.1. The Labute approximate surface area is 140 Å². The third kappa shape index (κ3) is 4.88. The molecule has 6 heteroatoms. The van der Waals surface area contributed by atoms with Crippen molar-refractivity contribution < 1.29 is 9.84 Å². The van der Waals surface area contributed by atoms with Crippen molar-refractivity contribution in [1.29, 1.82) is 0 Å². The van der Waals surface area contributed by atoms with E-state index in [-0.39, 0.29) is 12.2 Å². The average Bonchev–Trinajstić information content (AvgIpc) is 2.92. The number of rotatable bonds is 5. The van der Waals surface area contributed by atoms with Gasteiger partial charge in [-0.05, 0) is 48.3 Å². The lowest BCUT2D eigenvalue weighted by atomic mass is 10.3.